The highest BCUT2D eigenvalue weighted by molar-refractivity contribution is 5.93. The van der Waals surface area contributed by atoms with Gasteiger partial charge in [0.15, 0.2) is 0 Å². The predicted molar refractivity (Wildman–Crippen MR) is 115 cm³/mol. The lowest BCUT2D eigenvalue weighted by atomic mass is 10.2. The lowest BCUT2D eigenvalue weighted by Crippen LogP contribution is -2.25. The highest BCUT2D eigenvalue weighted by Gasteiger charge is 2.11. The average molecular weight is 387 g/mol. The van der Waals surface area contributed by atoms with Gasteiger partial charge in [-0.15, -0.1) is 0 Å². The zero-order valence-corrected chi connectivity index (χ0v) is 16.2. The van der Waals surface area contributed by atoms with E-state index in [2.05, 4.69) is 32.7 Å². The van der Waals surface area contributed by atoms with Crippen LogP contribution >= 0.6 is 0 Å². The van der Waals surface area contributed by atoms with Crippen LogP contribution < -0.4 is 11.3 Å². The summed E-state index contributed by atoms with van der Waals surface area (Å²) in [5, 5.41) is 1.79. The third kappa shape index (κ3) is 3.62. The Kier molecular flexibility index (Phi) is 4.64. The number of anilines is 1. The van der Waals surface area contributed by atoms with Crippen molar-refractivity contribution in [1.29, 1.82) is 0 Å². The number of para-hydroxylation sites is 1. The minimum atomic E-state index is -0.295. The quantitative estimate of drug-likeness (QED) is 0.526. The number of hydrogen-bond acceptors (Lipinski definition) is 4. The van der Waals surface area contributed by atoms with Gasteiger partial charge in [-0.3, -0.25) is 9.59 Å². The Hall–Kier alpha value is -3.87. The van der Waals surface area contributed by atoms with E-state index in [4.69, 9.17) is 5.73 Å². The molecule has 3 heterocycles. The summed E-state index contributed by atoms with van der Waals surface area (Å²) in [6.45, 7) is 0.499. The molecule has 0 atom stereocenters. The van der Waals surface area contributed by atoms with Crippen molar-refractivity contribution in [3.8, 4) is 0 Å². The molecule has 0 spiro atoms. The fourth-order valence-electron chi connectivity index (χ4n) is 3.38. The van der Waals surface area contributed by atoms with Crippen LogP contribution in [0.5, 0.6) is 0 Å². The number of nitrogens with two attached hydrogens (primary N) is 1. The number of nitrogen functional groups attached to an aromatic ring is 1. The predicted octanol–water partition coefficient (Wildman–Crippen LogP) is 2.67. The van der Waals surface area contributed by atoms with Gasteiger partial charge in [-0.1, -0.05) is 18.2 Å². The molecule has 0 radical (unpaired) electrons. The van der Waals surface area contributed by atoms with Crippen molar-refractivity contribution in [2.75, 3.05) is 12.8 Å². The minimum Gasteiger partial charge on any atom is -0.398 e. The molecule has 7 nitrogen and oxygen atoms in total. The topological polar surface area (TPSA) is 97.0 Å². The summed E-state index contributed by atoms with van der Waals surface area (Å²) in [6.07, 6.45) is 4.79. The zero-order valence-electron chi connectivity index (χ0n) is 16.2. The Morgan fingerprint density at radius 2 is 2.07 bits per heavy atom. The number of aromatic nitrogens is 3. The van der Waals surface area contributed by atoms with Gasteiger partial charge in [-0.2, -0.15) is 0 Å². The molecule has 1 aromatic carbocycles. The molecule has 1 amide bonds. The first kappa shape index (κ1) is 18.5. The van der Waals surface area contributed by atoms with Crippen LogP contribution in [0.4, 0.5) is 5.69 Å². The van der Waals surface area contributed by atoms with Crippen molar-refractivity contribution in [2.45, 2.75) is 6.54 Å². The molecular formula is C22H21N5O2. The highest BCUT2D eigenvalue weighted by atomic mass is 16.2. The number of rotatable bonds is 4. The monoisotopic (exact) mass is 387 g/mol. The first-order valence-corrected chi connectivity index (χ1v) is 9.17. The summed E-state index contributed by atoms with van der Waals surface area (Å²) in [6, 6.07) is 13.3. The summed E-state index contributed by atoms with van der Waals surface area (Å²) >= 11 is 0. The fourth-order valence-corrected chi connectivity index (χ4v) is 3.38. The maximum atomic E-state index is 12.6. The number of H-pyrrole nitrogens is 1. The van der Waals surface area contributed by atoms with Crippen LogP contribution in [0, 0.1) is 0 Å². The van der Waals surface area contributed by atoms with Crippen molar-refractivity contribution < 1.29 is 4.79 Å². The maximum absolute atomic E-state index is 12.6. The molecule has 0 aliphatic rings. The number of nitrogens with one attached hydrogen (secondary N) is 1. The second-order valence-corrected chi connectivity index (χ2v) is 7.03. The third-order valence-electron chi connectivity index (χ3n) is 4.99. The SMILES string of the molecule is CN(Cc1cc2ccccc2n1C)C(=O)C=Cc1cnc2[nH]c(=O)cc(N)c2c1. The summed E-state index contributed by atoms with van der Waals surface area (Å²) < 4.78 is 2.10. The average Bonchev–Trinajstić information content (AvgIpc) is 3.02. The van der Waals surface area contributed by atoms with E-state index in [1.165, 1.54) is 12.1 Å². The number of pyridine rings is 2. The molecule has 146 valence electrons. The first-order chi connectivity index (χ1) is 13.9. The largest absolute Gasteiger partial charge is 0.398 e. The molecule has 29 heavy (non-hydrogen) atoms. The van der Waals surface area contributed by atoms with Gasteiger partial charge in [0.1, 0.15) is 5.65 Å². The Labute approximate surface area is 167 Å². The van der Waals surface area contributed by atoms with Crippen molar-refractivity contribution >= 4 is 39.6 Å². The lowest BCUT2D eigenvalue weighted by Gasteiger charge is -2.15. The van der Waals surface area contributed by atoms with Gasteiger partial charge >= 0.3 is 0 Å². The summed E-state index contributed by atoms with van der Waals surface area (Å²) in [7, 11) is 3.77. The standard InChI is InChI=1S/C22H21N5O2/c1-26(13-16-10-15-5-3-4-6-19(15)27(16)2)21(29)8-7-14-9-17-18(23)11-20(28)25-22(17)24-12-14/h3-12H,13H2,1-2H3,(H3,23,24,25,28). The number of carbonyl (C=O) groups excluding carboxylic acids is 1. The Morgan fingerprint density at radius 1 is 1.28 bits per heavy atom. The summed E-state index contributed by atoms with van der Waals surface area (Å²) in [4.78, 5) is 32.5. The molecular weight excluding hydrogens is 366 g/mol. The van der Waals surface area contributed by atoms with Crippen LogP contribution in [0.15, 0.2) is 59.5 Å². The van der Waals surface area contributed by atoms with E-state index in [0.717, 1.165) is 22.2 Å². The van der Waals surface area contributed by atoms with Crippen molar-refractivity contribution in [3.63, 3.8) is 0 Å². The molecule has 0 aliphatic heterocycles. The number of amides is 1. The molecule has 3 aromatic heterocycles. The highest BCUT2D eigenvalue weighted by Crippen LogP contribution is 2.20. The molecule has 7 heteroatoms. The number of nitrogens with zero attached hydrogens (tertiary/aromatic N) is 3. The summed E-state index contributed by atoms with van der Waals surface area (Å²) in [5.74, 6) is -0.121. The zero-order chi connectivity index (χ0) is 20.5. The van der Waals surface area contributed by atoms with E-state index in [0.29, 0.717) is 23.3 Å². The summed E-state index contributed by atoms with van der Waals surface area (Å²) in [5.41, 5.74) is 9.30. The van der Waals surface area contributed by atoms with Crippen molar-refractivity contribution in [2.24, 2.45) is 7.05 Å². The number of fused-ring (bicyclic) bond motifs is 2. The molecule has 0 fully saturated rings. The van der Waals surface area contributed by atoms with Crippen molar-refractivity contribution in [3.05, 3.63) is 76.3 Å². The maximum Gasteiger partial charge on any atom is 0.251 e. The van der Waals surface area contributed by atoms with Crippen LogP contribution in [-0.4, -0.2) is 32.4 Å². The second-order valence-electron chi connectivity index (χ2n) is 7.03. The molecule has 4 aromatic rings. The molecule has 0 unspecified atom stereocenters. The number of hydrogen-bond donors (Lipinski definition) is 2. The number of aryl methyl sites for hydroxylation is 1. The van der Waals surface area contributed by atoms with Gasteiger partial charge < -0.3 is 20.2 Å². The van der Waals surface area contributed by atoms with Crippen LogP contribution in [0.1, 0.15) is 11.3 Å². The number of benzene rings is 1. The third-order valence-corrected chi connectivity index (χ3v) is 4.99. The number of aromatic amines is 1. The molecule has 0 saturated carbocycles. The second kappa shape index (κ2) is 7.27. The first-order valence-electron chi connectivity index (χ1n) is 9.17. The fraction of sp³-hybridized carbons (Fsp3) is 0.136. The number of likely N-dealkylation sites (N-methyl/N-ethyl adjacent to an activating group) is 1. The Morgan fingerprint density at radius 3 is 2.86 bits per heavy atom. The van der Waals surface area contributed by atoms with E-state index >= 15 is 0 Å². The van der Waals surface area contributed by atoms with E-state index < -0.39 is 0 Å². The molecule has 0 bridgehead atoms. The van der Waals surface area contributed by atoms with Gasteiger partial charge in [-0.05, 0) is 35.2 Å². The van der Waals surface area contributed by atoms with Crippen LogP contribution in [0.2, 0.25) is 0 Å². The van der Waals surface area contributed by atoms with E-state index in [9.17, 15) is 9.59 Å². The smallest absolute Gasteiger partial charge is 0.251 e. The molecule has 0 saturated heterocycles. The Bertz CT molecular complexity index is 1320. The molecule has 3 N–H and O–H groups in total. The minimum absolute atomic E-state index is 0.121. The van der Waals surface area contributed by atoms with E-state index in [-0.39, 0.29) is 11.5 Å². The van der Waals surface area contributed by atoms with Crippen LogP contribution in [0.25, 0.3) is 28.0 Å². The van der Waals surface area contributed by atoms with Gasteiger partial charge in [0.2, 0.25) is 5.91 Å². The Balaban J connectivity index is 1.52. The molecule has 0 aliphatic carbocycles. The van der Waals surface area contributed by atoms with Gasteiger partial charge in [0.25, 0.3) is 5.56 Å². The van der Waals surface area contributed by atoms with E-state index in [1.807, 2.05) is 19.2 Å². The normalized spacial score (nSPS) is 11.5. The van der Waals surface area contributed by atoms with Gasteiger partial charge in [-0.25, -0.2) is 4.98 Å². The van der Waals surface area contributed by atoms with Crippen LogP contribution in [0.3, 0.4) is 0 Å². The number of carbonyl (C=O) groups is 1. The van der Waals surface area contributed by atoms with Crippen molar-refractivity contribution in [1.82, 2.24) is 19.4 Å². The molecule has 4 rings (SSSR count). The van der Waals surface area contributed by atoms with Crippen LogP contribution in [-0.2, 0) is 18.4 Å². The van der Waals surface area contributed by atoms with E-state index in [1.54, 1.807) is 30.3 Å². The van der Waals surface area contributed by atoms with Gasteiger partial charge in [0, 0.05) is 54.7 Å². The van der Waals surface area contributed by atoms with Gasteiger partial charge in [0.05, 0.1) is 6.54 Å². The lowest BCUT2D eigenvalue weighted by molar-refractivity contribution is -0.125.